The number of nitrogens with zero attached hydrogens (tertiary/aromatic N) is 2. The highest BCUT2D eigenvalue weighted by Gasteiger charge is 2.40. The van der Waals surface area contributed by atoms with Crippen LogP contribution in [0.25, 0.3) is 0 Å². The van der Waals surface area contributed by atoms with Gasteiger partial charge < -0.3 is 19.3 Å². The summed E-state index contributed by atoms with van der Waals surface area (Å²) < 4.78 is 10.9. The number of thiophene rings is 1. The van der Waals surface area contributed by atoms with Crippen LogP contribution in [0.1, 0.15) is 45.2 Å². The van der Waals surface area contributed by atoms with Gasteiger partial charge in [0.05, 0.1) is 20.3 Å². The molecule has 3 aromatic rings. The van der Waals surface area contributed by atoms with Crippen LogP contribution in [-0.4, -0.2) is 55.0 Å². The summed E-state index contributed by atoms with van der Waals surface area (Å²) in [6.07, 6.45) is 2.48. The summed E-state index contributed by atoms with van der Waals surface area (Å²) in [6, 6.07) is 12.3. The SMILES string of the molecule is COc1cccc(OC)c1C(=O)N(CC(=O)N1CCc2sccc2C1c1ccc(Cl)cc1Cl)C1CC1. The quantitative estimate of drug-likeness (QED) is 0.374. The number of carbonyl (C=O) groups excluding carboxylic acids is 2. The van der Waals surface area contributed by atoms with Gasteiger partial charge in [-0.25, -0.2) is 0 Å². The molecule has 1 unspecified atom stereocenters. The van der Waals surface area contributed by atoms with Gasteiger partial charge >= 0.3 is 0 Å². The van der Waals surface area contributed by atoms with Crippen LogP contribution in [0.3, 0.4) is 0 Å². The van der Waals surface area contributed by atoms with Crippen molar-refractivity contribution in [1.29, 1.82) is 0 Å². The molecule has 36 heavy (non-hydrogen) atoms. The smallest absolute Gasteiger partial charge is 0.262 e. The number of hydrogen-bond acceptors (Lipinski definition) is 5. The minimum atomic E-state index is -0.339. The molecule has 6 nitrogen and oxygen atoms in total. The van der Waals surface area contributed by atoms with Gasteiger partial charge in [0.25, 0.3) is 5.91 Å². The number of ether oxygens (including phenoxy) is 2. The molecule has 2 amide bonds. The summed E-state index contributed by atoms with van der Waals surface area (Å²) >= 11 is 14.5. The number of halogens is 2. The largest absolute Gasteiger partial charge is 0.496 e. The topological polar surface area (TPSA) is 59.1 Å². The monoisotopic (exact) mass is 544 g/mol. The van der Waals surface area contributed by atoms with Crippen LogP contribution in [0.4, 0.5) is 0 Å². The van der Waals surface area contributed by atoms with Crippen LogP contribution in [0.15, 0.2) is 47.8 Å². The maximum atomic E-state index is 13.9. The Labute approximate surface area is 224 Å². The van der Waals surface area contributed by atoms with E-state index in [4.69, 9.17) is 32.7 Å². The number of amides is 2. The molecule has 1 saturated carbocycles. The first kappa shape index (κ1) is 24.9. The second-order valence-corrected chi connectivity index (χ2v) is 10.8. The average Bonchev–Trinajstić information content (AvgIpc) is 3.61. The van der Waals surface area contributed by atoms with Gasteiger partial charge in [0.15, 0.2) is 0 Å². The Kier molecular flexibility index (Phi) is 7.15. The van der Waals surface area contributed by atoms with E-state index in [0.717, 1.165) is 30.4 Å². The molecular formula is C27H26Cl2N2O4S. The molecule has 0 N–H and O–H groups in total. The highest BCUT2D eigenvalue weighted by molar-refractivity contribution is 7.10. The fourth-order valence-electron chi connectivity index (χ4n) is 4.84. The molecule has 0 saturated heterocycles. The van der Waals surface area contributed by atoms with Crippen LogP contribution < -0.4 is 9.47 Å². The number of hydrogen-bond donors (Lipinski definition) is 0. The molecule has 1 aliphatic heterocycles. The van der Waals surface area contributed by atoms with Gasteiger partial charge in [-0.3, -0.25) is 9.59 Å². The lowest BCUT2D eigenvalue weighted by Crippen LogP contribution is -2.47. The Morgan fingerprint density at radius 1 is 1.06 bits per heavy atom. The number of fused-ring (bicyclic) bond motifs is 1. The van der Waals surface area contributed by atoms with Crippen LogP contribution >= 0.6 is 34.5 Å². The van der Waals surface area contributed by atoms with E-state index >= 15 is 0 Å². The molecule has 0 bridgehead atoms. The molecule has 1 fully saturated rings. The Morgan fingerprint density at radius 2 is 1.78 bits per heavy atom. The fraction of sp³-hybridized carbons (Fsp3) is 0.333. The van der Waals surface area contributed by atoms with E-state index in [1.807, 2.05) is 16.3 Å². The van der Waals surface area contributed by atoms with Crippen molar-refractivity contribution in [2.75, 3.05) is 27.3 Å². The summed E-state index contributed by atoms with van der Waals surface area (Å²) in [4.78, 5) is 32.4. The zero-order valence-corrected chi connectivity index (χ0v) is 22.3. The van der Waals surface area contributed by atoms with Gasteiger partial charge in [-0.15, -0.1) is 11.3 Å². The van der Waals surface area contributed by atoms with Crippen molar-refractivity contribution in [3.8, 4) is 11.5 Å². The third-order valence-corrected chi connectivity index (χ3v) is 8.30. The zero-order chi connectivity index (χ0) is 25.4. The van der Waals surface area contributed by atoms with Gasteiger partial charge in [0.1, 0.15) is 23.6 Å². The number of methoxy groups -OCH3 is 2. The van der Waals surface area contributed by atoms with E-state index in [9.17, 15) is 9.59 Å². The Balaban J connectivity index is 1.47. The molecule has 1 aromatic heterocycles. The van der Waals surface area contributed by atoms with Crippen molar-refractivity contribution in [3.05, 3.63) is 79.5 Å². The first-order chi connectivity index (χ1) is 17.4. The van der Waals surface area contributed by atoms with Gasteiger partial charge in [-0.2, -0.15) is 0 Å². The molecule has 9 heteroatoms. The van der Waals surface area contributed by atoms with Gasteiger partial charge in [-0.1, -0.05) is 35.3 Å². The molecule has 0 spiro atoms. The van der Waals surface area contributed by atoms with Crippen molar-refractivity contribution in [1.82, 2.24) is 9.80 Å². The summed E-state index contributed by atoms with van der Waals surface area (Å²) in [5.41, 5.74) is 2.22. The summed E-state index contributed by atoms with van der Waals surface area (Å²) in [7, 11) is 3.04. The molecule has 5 rings (SSSR count). The maximum Gasteiger partial charge on any atom is 0.262 e. The fourth-order valence-corrected chi connectivity index (χ4v) is 6.25. The van der Waals surface area contributed by atoms with E-state index in [0.29, 0.717) is 33.7 Å². The van der Waals surface area contributed by atoms with E-state index < -0.39 is 0 Å². The molecule has 1 aliphatic carbocycles. The second kappa shape index (κ2) is 10.3. The number of rotatable bonds is 7. The number of benzene rings is 2. The van der Waals surface area contributed by atoms with E-state index in [1.54, 1.807) is 46.6 Å². The Hall–Kier alpha value is -2.74. The Bertz CT molecular complexity index is 1280. The predicted molar refractivity (Wildman–Crippen MR) is 142 cm³/mol. The molecular weight excluding hydrogens is 519 g/mol. The van der Waals surface area contributed by atoms with E-state index in [2.05, 4.69) is 6.07 Å². The molecule has 2 aromatic carbocycles. The Morgan fingerprint density at radius 3 is 2.42 bits per heavy atom. The minimum absolute atomic E-state index is 0.00939. The van der Waals surface area contributed by atoms with Crippen molar-refractivity contribution in [2.45, 2.75) is 31.3 Å². The van der Waals surface area contributed by atoms with Crippen molar-refractivity contribution < 1.29 is 19.1 Å². The molecule has 2 aliphatic rings. The molecule has 188 valence electrons. The second-order valence-electron chi connectivity index (χ2n) is 8.91. The lowest BCUT2D eigenvalue weighted by molar-refractivity contribution is -0.134. The summed E-state index contributed by atoms with van der Waals surface area (Å²) in [6.45, 7) is 0.506. The molecule has 1 atom stereocenters. The third-order valence-electron chi connectivity index (χ3n) is 6.74. The van der Waals surface area contributed by atoms with Crippen LogP contribution in [-0.2, 0) is 11.2 Å². The standard InChI is InChI=1S/C27H26Cl2N2O4S/c1-34-21-4-3-5-22(35-2)25(21)27(33)31(17-7-8-17)15-24(32)30-12-10-23-19(11-13-36-23)26(30)18-9-6-16(28)14-20(18)29/h3-6,9,11,13-14,17,26H,7-8,10,12,15H2,1-2H3. The zero-order valence-electron chi connectivity index (χ0n) is 20.0. The molecule has 2 heterocycles. The number of carbonyl (C=O) groups is 2. The average molecular weight is 545 g/mol. The van der Waals surface area contributed by atoms with E-state index in [-0.39, 0.29) is 30.4 Å². The maximum absolute atomic E-state index is 13.9. The highest BCUT2D eigenvalue weighted by atomic mass is 35.5. The van der Waals surface area contributed by atoms with Crippen LogP contribution in [0, 0.1) is 0 Å². The lowest BCUT2D eigenvalue weighted by atomic mass is 9.93. The first-order valence-electron chi connectivity index (χ1n) is 11.8. The van der Waals surface area contributed by atoms with Crippen molar-refractivity contribution in [3.63, 3.8) is 0 Å². The predicted octanol–water partition coefficient (Wildman–Crippen LogP) is 5.85. The normalized spacial score (nSPS) is 16.9. The first-order valence-corrected chi connectivity index (χ1v) is 13.4. The molecule has 0 radical (unpaired) electrons. The highest BCUT2D eigenvalue weighted by Crippen LogP contribution is 2.41. The van der Waals surface area contributed by atoms with Crippen LogP contribution in [0.5, 0.6) is 11.5 Å². The van der Waals surface area contributed by atoms with E-state index in [1.165, 1.54) is 19.1 Å². The van der Waals surface area contributed by atoms with Gasteiger partial charge in [-0.05, 0) is 66.1 Å². The van der Waals surface area contributed by atoms with Crippen molar-refractivity contribution in [2.24, 2.45) is 0 Å². The van der Waals surface area contributed by atoms with Gasteiger partial charge in [0.2, 0.25) is 5.91 Å². The summed E-state index contributed by atoms with van der Waals surface area (Å²) in [5.74, 6) is 0.444. The van der Waals surface area contributed by atoms with Gasteiger partial charge in [0, 0.05) is 27.5 Å². The minimum Gasteiger partial charge on any atom is -0.496 e. The summed E-state index contributed by atoms with van der Waals surface area (Å²) in [5, 5.41) is 3.10. The third kappa shape index (κ3) is 4.67. The van der Waals surface area contributed by atoms with Crippen molar-refractivity contribution >= 4 is 46.4 Å². The van der Waals surface area contributed by atoms with Crippen LogP contribution in [0.2, 0.25) is 10.0 Å². The lowest BCUT2D eigenvalue weighted by Gasteiger charge is -2.38.